The van der Waals surface area contributed by atoms with Gasteiger partial charge in [0.15, 0.2) is 0 Å². The van der Waals surface area contributed by atoms with E-state index in [0.29, 0.717) is 23.5 Å². The van der Waals surface area contributed by atoms with Crippen LogP contribution in [0.2, 0.25) is 0 Å². The SMILES string of the molecule is CN1C(=O)C(Cc2ccc(-c3cccc(C(F)(F)F)c3)o2)c2ccccc21. The number of furan rings is 1. The number of carbonyl (C=O) groups excluding carboxylic acids is 1. The van der Waals surface area contributed by atoms with Gasteiger partial charge in [0.1, 0.15) is 11.5 Å². The van der Waals surface area contributed by atoms with Crippen LogP contribution >= 0.6 is 0 Å². The lowest BCUT2D eigenvalue weighted by atomic mass is 9.96. The first-order valence-corrected chi connectivity index (χ1v) is 8.47. The van der Waals surface area contributed by atoms with Crippen LogP contribution < -0.4 is 4.90 Å². The molecule has 2 heterocycles. The molecule has 1 amide bonds. The van der Waals surface area contributed by atoms with Crippen LogP contribution in [-0.2, 0) is 17.4 Å². The number of fused-ring (bicyclic) bond motifs is 1. The van der Waals surface area contributed by atoms with Crippen LogP contribution in [0.1, 0.15) is 22.8 Å². The molecule has 1 aliphatic rings. The number of amides is 1. The number of hydrogen-bond acceptors (Lipinski definition) is 2. The number of nitrogens with zero attached hydrogens (tertiary/aromatic N) is 1. The second-order valence-electron chi connectivity index (χ2n) is 6.56. The number of benzene rings is 2. The molecule has 138 valence electrons. The summed E-state index contributed by atoms with van der Waals surface area (Å²) in [4.78, 5) is 14.2. The van der Waals surface area contributed by atoms with Gasteiger partial charge in [-0.1, -0.05) is 30.3 Å². The van der Waals surface area contributed by atoms with E-state index >= 15 is 0 Å². The van der Waals surface area contributed by atoms with Gasteiger partial charge >= 0.3 is 6.18 Å². The van der Waals surface area contributed by atoms with E-state index in [1.54, 1.807) is 30.1 Å². The van der Waals surface area contributed by atoms with Crippen LogP contribution in [0.25, 0.3) is 11.3 Å². The van der Waals surface area contributed by atoms with E-state index in [9.17, 15) is 18.0 Å². The molecule has 1 aromatic heterocycles. The Kier molecular flexibility index (Phi) is 4.06. The highest BCUT2D eigenvalue weighted by atomic mass is 19.4. The molecule has 6 heteroatoms. The first-order chi connectivity index (χ1) is 12.8. The largest absolute Gasteiger partial charge is 0.461 e. The van der Waals surface area contributed by atoms with Gasteiger partial charge in [-0.25, -0.2) is 0 Å². The van der Waals surface area contributed by atoms with Crippen molar-refractivity contribution in [2.75, 3.05) is 11.9 Å². The molecule has 27 heavy (non-hydrogen) atoms. The topological polar surface area (TPSA) is 33.5 Å². The van der Waals surface area contributed by atoms with E-state index in [0.717, 1.165) is 23.4 Å². The third-order valence-electron chi connectivity index (χ3n) is 4.84. The smallest absolute Gasteiger partial charge is 0.416 e. The molecule has 4 rings (SSSR count). The fourth-order valence-electron chi connectivity index (χ4n) is 3.46. The quantitative estimate of drug-likeness (QED) is 0.629. The average Bonchev–Trinajstić information content (AvgIpc) is 3.21. The van der Waals surface area contributed by atoms with Crippen molar-refractivity contribution in [2.24, 2.45) is 0 Å². The fraction of sp³-hybridized carbons (Fsp3) is 0.190. The molecule has 0 saturated carbocycles. The number of para-hydroxylation sites is 1. The van der Waals surface area contributed by atoms with Crippen molar-refractivity contribution in [2.45, 2.75) is 18.5 Å². The molecule has 1 atom stereocenters. The minimum absolute atomic E-state index is 0.0202. The van der Waals surface area contributed by atoms with Gasteiger partial charge in [0.2, 0.25) is 5.91 Å². The molecule has 3 aromatic rings. The lowest BCUT2D eigenvalue weighted by molar-refractivity contribution is -0.137. The summed E-state index contributed by atoms with van der Waals surface area (Å²) in [6, 6.07) is 15.9. The minimum Gasteiger partial charge on any atom is -0.461 e. The summed E-state index contributed by atoms with van der Waals surface area (Å²) in [5.74, 6) is 0.536. The molecule has 0 spiro atoms. The molecular formula is C21H16F3NO2. The average molecular weight is 371 g/mol. The van der Waals surface area contributed by atoms with E-state index in [1.807, 2.05) is 24.3 Å². The second-order valence-corrected chi connectivity index (χ2v) is 6.56. The Bertz CT molecular complexity index is 1010. The monoisotopic (exact) mass is 371 g/mol. The maximum absolute atomic E-state index is 12.9. The Labute approximate surface area is 154 Å². The number of likely N-dealkylation sites (N-methyl/N-ethyl adjacent to an activating group) is 1. The zero-order valence-corrected chi connectivity index (χ0v) is 14.5. The first-order valence-electron chi connectivity index (χ1n) is 8.47. The standard InChI is InChI=1S/C21H16F3NO2/c1-25-18-8-3-2-7-16(18)17(20(25)26)12-15-9-10-19(27-15)13-5-4-6-14(11-13)21(22,23)24/h2-11,17H,12H2,1H3. The van der Waals surface area contributed by atoms with Crippen LogP contribution in [0.15, 0.2) is 65.1 Å². The highest BCUT2D eigenvalue weighted by molar-refractivity contribution is 6.04. The Hall–Kier alpha value is -3.02. The molecule has 0 fully saturated rings. The summed E-state index contributed by atoms with van der Waals surface area (Å²) in [5.41, 5.74) is 1.44. The fourth-order valence-corrected chi connectivity index (χ4v) is 3.46. The summed E-state index contributed by atoms with van der Waals surface area (Å²) in [5, 5.41) is 0. The molecule has 0 aliphatic carbocycles. The van der Waals surface area contributed by atoms with E-state index < -0.39 is 11.7 Å². The Morgan fingerprint density at radius 3 is 2.59 bits per heavy atom. The van der Waals surface area contributed by atoms with E-state index in [-0.39, 0.29) is 11.8 Å². The van der Waals surface area contributed by atoms with E-state index in [4.69, 9.17) is 4.42 Å². The summed E-state index contributed by atoms with van der Waals surface area (Å²) >= 11 is 0. The molecule has 1 unspecified atom stereocenters. The number of rotatable bonds is 3. The third-order valence-corrected chi connectivity index (χ3v) is 4.84. The summed E-state index contributed by atoms with van der Waals surface area (Å²) in [7, 11) is 1.73. The van der Waals surface area contributed by atoms with Gasteiger partial charge < -0.3 is 9.32 Å². The van der Waals surface area contributed by atoms with Crippen LogP contribution in [-0.4, -0.2) is 13.0 Å². The highest BCUT2D eigenvalue weighted by Gasteiger charge is 2.35. The highest BCUT2D eigenvalue weighted by Crippen LogP contribution is 2.39. The predicted octanol–water partition coefficient (Wildman–Crippen LogP) is 5.27. The number of carbonyl (C=O) groups is 1. The molecule has 0 bridgehead atoms. The van der Waals surface area contributed by atoms with Crippen molar-refractivity contribution >= 4 is 11.6 Å². The van der Waals surface area contributed by atoms with Crippen molar-refractivity contribution < 1.29 is 22.4 Å². The maximum Gasteiger partial charge on any atom is 0.416 e. The molecule has 0 saturated heterocycles. The van der Waals surface area contributed by atoms with Crippen LogP contribution in [0.3, 0.4) is 0 Å². The number of hydrogen-bond donors (Lipinski definition) is 0. The zero-order chi connectivity index (χ0) is 19.2. The Balaban J connectivity index is 1.60. The molecule has 1 aliphatic heterocycles. The van der Waals surface area contributed by atoms with Crippen molar-refractivity contribution in [3.63, 3.8) is 0 Å². The molecule has 3 nitrogen and oxygen atoms in total. The van der Waals surface area contributed by atoms with Gasteiger partial charge in [-0.05, 0) is 35.9 Å². The predicted molar refractivity (Wildman–Crippen MR) is 95.4 cm³/mol. The summed E-state index contributed by atoms with van der Waals surface area (Å²) < 4.78 is 44.5. The normalized spacial score (nSPS) is 16.7. The lowest BCUT2D eigenvalue weighted by Crippen LogP contribution is -2.24. The van der Waals surface area contributed by atoms with Gasteiger partial charge in [-0.3, -0.25) is 4.79 Å². The van der Waals surface area contributed by atoms with Crippen molar-refractivity contribution in [1.82, 2.24) is 0 Å². The summed E-state index contributed by atoms with van der Waals surface area (Å²) in [6.45, 7) is 0. The van der Waals surface area contributed by atoms with Crippen LogP contribution in [0, 0.1) is 0 Å². The van der Waals surface area contributed by atoms with Crippen molar-refractivity contribution in [1.29, 1.82) is 0 Å². The van der Waals surface area contributed by atoms with Gasteiger partial charge in [0.25, 0.3) is 0 Å². The van der Waals surface area contributed by atoms with Gasteiger partial charge in [0.05, 0.1) is 11.5 Å². The number of anilines is 1. The van der Waals surface area contributed by atoms with Crippen molar-refractivity contribution in [3.8, 4) is 11.3 Å². The molecular weight excluding hydrogens is 355 g/mol. The van der Waals surface area contributed by atoms with E-state index in [1.165, 1.54) is 6.07 Å². The molecule has 0 N–H and O–H groups in total. The second kappa shape index (κ2) is 6.30. The van der Waals surface area contributed by atoms with Gasteiger partial charge in [0, 0.05) is 24.7 Å². The third kappa shape index (κ3) is 3.12. The van der Waals surface area contributed by atoms with Gasteiger partial charge in [-0.15, -0.1) is 0 Å². The lowest BCUT2D eigenvalue weighted by Gasteiger charge is -2.10. The summed E-state index contributed by atoms with van der Waals surface area (Å²) in [6.07, 6.45) is -4.05. The van der Waals surface area contributed by atoms with Gasteiger partial charge in [-0.2, -0.15) is 13.2 Å². The molecule has 2 aromatic carbocycles. The Morgan fingerprint density at radius 1 is 1.04 bits per heavy atom. The van der Waals surface area contributed by atoms with Crippen LogP contribution in [0.5, 0.6) is 0 Å². The molecule has 0 radical (unpaired) electrons. The number of halogens is 3. The maximum atomic E-state index is 12.9. The minimum atomic E-state index is -4.41. The number of alkyl halides is 3. The van der Waals surface area contributed by atoms with E-state index in [2.05, 4.69) is 0 Å². The first kappa shape index (κ1) is 17.4. The zero-order valence-electron chi connectivity index (χ0n) is 14.5. The van der Waals surface area contributed by atoms with Crippen molar-refractivity contribution in [3.05, 3.63) is 77.6 Å². The van der Waals surface area contributed by atoms with Crippen LogP contribution in [0.4, 0.5) is 18.9 Å². The Morgan fingerprint density at radius 2 is 1.81 bits per heavy atom.